The molecule has 5 nitrogen and oxygen atoms in total. The van der Waals surface area contributed by atoms with Crippen LogP contribution in [0.25, 0.3) is 0 Å². The largest absolute Gasteiger partial charge is 0.339 e. The van der Waals surface area contributed by atoms with Crippen LogP contribution in [0.5, 0.6) is 0 Å². The standard InChI is InChI=1S/C18H28N2O3S/c1-3-12-20(13-4-2)24(22,23)17-10-8-16(9-11-17)18(21)19-14-6-5-7-15-19/h8-11H,3-7,12-15H2,1-2H3. The Hall–Kier alpha value is -1.40. The van der Waals surface area contributed by atoms with Crippen LogP contribution in [0.1, 0.15) is 56.3 Å². The second-order valence-corrected chi connectivity index (χ2v) is 8.22. The van der Waals surface area contributed by atoms with Gasteiger partial charge in [-0.2, -0.15) is 4.31 Å². The first kappa shape index (κ1) is 18.9. The van der Waals surface area contributed by atoms with Gasteiger partial charge in [-0.3, -0.25) is 4.79 Å². The number of hydrogen-bond donors (Lipinski definition) is 0. The molecule has 0 saturated carbocycles. The predicted molar refractivity (Wildman–Crippen MR) is 95.5 cm³/mol. The van der Waals surface area contributed by atoms with Crippen LogP contribution >= 0.6 is 0 Å². The molecule has 1 aliphatic rings. The molecule has 1 aromatic rings. The summed E-state index contributed by atoms with van der Waals surface area (Å²) in [4.78, 5) is 14.6. The van der Waals surface area contributed by atoms with E-state index in [0.717, 1.165) is 38.8 Å². The van der Waals surface area contributed by atoms with Gasteiger partial charge in [-0.25, -0.2) is 8.42 Å². The van der Waals surface area contributed by atoms with E-state index < -0.39 is 10.0 Å². The lowest BCUT2D eigenvalue weighted by atomic mass is 10.1. The number of amides is 1. The Labute approximate surface area is 145 Å². The Morgan fingerprint density at radius 2 is 1.54 bits per heavy atom. The maximum atomic E-state index is 12.7. The topological polar surface area (TPSA) is 57.7 Å². The number of rotatable bonds is 7. The van der Waals surface area contributed by atoms with Crippen LogP contribution in [0.15, 0.2) is 29.2 Å². The van der Waals surface area contributed by atoms with Crippen molar-refractivity contribution < 1.29 is 13.2 Å². The fourth-order valence-corrected chi connectivity index (χ4v) is 4.67. The lowest BCUT2D eigenvalue weighted by molar-refractivity contribution is 0.0724. The monoisotopic (exact) mass is 352 g/mol. The van der Waals surface area contributed by atoms with Crippen molar-refractivity contribution in [3.8, 4) is 0 Å². The maximum Gasteiger partial charge on any atom is 0.253 e. The first-order valence-corrected chi connectivity index (χ1v) is 10.3. The summed E-state index contributed by atoms with van der Waals surface area (Å²) in [7, 11) is -3.48. The molecule has 134 valence electrons. The number of nitrogens with zero attached hydrogens (tertiary/aromatic N) is 2. The van der Waals surface area contributed by atoms with Gasteiger partial charge in [0, 0.05) is 31.7 Å². The molecule has 0 N–H and O–H groups in total. The van der Waals surface area contributed by atoms with E-state index >= 15 is 0 Å². The fourth-order valence-electron chi connectivity index (χ4n) is 3.05. The van der Waals surface area contributed by atoms with Crippen molar-refractivity contribution in [1.82, 2.24) is 9.21 Å². The molecule has 0 radical (unpaired) electrons. The van der Waals surface area contributed by atoms with Crippen LogP contribution in [-0.4, -0.2) is 49.7 Å². The normalized spacial score (nSPS) is 15.7. The molecule has 24 heavy (non-hydrogen) atoms. The Balaban J connectivity index is 2.16. The summed E-state index contributed by atoms with van der Waals surface area (Å²) in [5.41, 5.74) is 0.563. The number of piperidine rings is 1. The van der Waals surface area contributed by atoms with E-state index in [2.05, 4.69) is 0 Å². The van der Waals surface area contributed by atoms with Gasteiger partial charge >= 0.3 is 0 Å². The molecule has 2 rings (SSSR count). The SMILES string of the molecule is CCCN(CCC)S(=O)(=O)c1ccc(C(=O)N2CCCCC2)cc1. The zero-order valence-electron chi connectivity index (χ0n) is 14.7. The minimum Gasteiger partial charge on any atom is -0.339 e. The summed E-state index contributed by atoms with van der Waals surface area (Å²) < 4.78 is 27.0. The summed E-state index contributed by atoms with van der Waals surface area (Å²) in [6, 6.07) is 6.40. The Morgan fingerprint density at radius 1 is 1.00 bits per heavy atom. The molecule has 0 aromatic heterocycles. The number of likely N-dealkylation sites (tertiary alicyclic amines) is 1. The highest BCUT2D eigenvalue weighted by molar-refractivity contribution is 7.89. The molecule has 1 amide bonds. The van der Waals surface area contributed by atoms with Gasteiger partial charge < -0.3 is 4.90 Å². The van der Waals surface area contributed by atoms with Gasteiger partial charge in [0.2, 0.25) is 10.0 Å². The van der Waals surface area contributed by atoms with E-state index in [1.807, 2.05) is 18.7 Å². The van der Waals surface area contributed by atoms with Crippen LogP contribution in [-0.2, 0) is 10.0 Å². The third-order valence-corrected chi connectivity index (χ3v) is 6.24. The minimum atomic E-state index is -3.48. The summed E-state index contributed by atoms with van der Waals surface area (Å²) in [5.74, 6) is -0.00220. The average Bonchev–Trinajstić information content (AvgIpc) is 2.62. The van der Waals surface area contributed by atoms with E-state index in [4.69, 9.17) is 0 Å². The van der Waals surface area contributed by atoms with Crippen LogP contribution < -0.4 is 0 Å². The summed E-state index contributed by atoms with van der Waals surface area (Å²) in [6.45, 7) is 6.56. The van der Waals surface area contributed by atoms with Gasteiger partial charge in [-0.1, -0.05) is 13.8 Å². The van der Waals surface area contributed by atoms with Gasteiger partial charge in [0.1, 0.15) is 0 Å². The zero-order valence-corrected chi connectivity index (χ0v) is 15.5. The van der Waals surface area contributed by atoms with Crippen molar-refractivity contribution in [2.45, 2.75) is 50.8 Å². The smallest absolute Gasteiger partial charge is 0.253 e. The molecule has 1 aromatic carbocycles. The lowest BCUT2D eigenvalue weighted by Crippen LogP contribution is -2.35. The number of carbonyl (C=O) groups is 1. The summed E-state index contributed by atoms with van der Waals surface area (Å²) in [5, 5.41) is 0. The van der Waals surface area contributed by atoms with E-state index in [-0.39, 0.29) is 10.8 Å². The molecule has 1 fully saturated rings. The second-order valence-electron chi connectivity index (χ2n) is 6.28. The third-order valence-electron chi connectivity index (χ3n) is 4.33. The predicted octanol–water partition coefficient (Wildman–Crippen LogP) is 3.12. The van der Waals surface area contributed by atoms with Crippen molar-refractivity contribution in [2.24, 2.45) is 0 Å². The Kier molecular flexibility index (Phi) is 6.80. The highest BCUT2D eigenvalue weighted by Crippen LogP contribution is 2.19. The van der Waals surface area contributed by atoms with Gasteiger partial charge in [0.05, 0.1) is 4.90 Å². The van der Waals surface area contributed by atoms with Gasteiger partial charge in [0.15, 0.2) is 0 Å². The molecular formula is C18H28N2O3S. The van der Waals surface area contributed by atoms with E-state index in [9.17, 15) is 13.2 Å². The van der Waals surface area contributed by atoms with E-state index in [1.165, 1.54) is 10.7 Å². The van der Waals surface area contributed by atoms with Crippen LogP contribution in [0.4, 0.5) is 0 Å². The molecule has 1 saturated heterocycles. The van der Waals surface area contributed by atoms with Crippen molar-refractivity contribution >= 4 is 15.9 Å². The first-order valence-electron chi connectivity index (χ1n) is 8.90. The van der Waals surface area contributed by atoms with E-state index in [0.29, 0.717) is 18.7 Å². The number of benzene rings is 1. The minimum absolute atomic E-state index is 0.00220. The number of hydrogen-bond acceptors (Lipinski definition) is 3. The third kappa shape index (κ3) is 4.36. The zero-order chi connectivity index (χ0) is 17.6. The maximum absolute atomic E-state index is 12.7. The van der Waals surface area contributed by atoms with E-state index in [1.54, 1.807) is 24.3 Å². The highest BCUT2D eigenvalue weighted by atomic mass is 32.2. The molecule has 1 heterocycles. The number of sulfonamides is 1. The molecule has 0 unspecified atom stereocenters. The van der Waals surface area contributed by atoms with Gasteiger partial charge in [-0.15, -0.1) is 0 Å². The molecular weight excluding hydrogens is 324 g/mol. The highest BCUT2D eigenvalue weighted by Gasteiger charge is 2.24. The molecule has 0 atom stereocenters. The molecule has 1 aliphatic heterocycles. The lowest BCUT2D eigenvalue weighted by Gasteiger charge is -2.27. The van der Waals surface area contributed by atoms with Crippen LogP contribution in [0, 0.1) is 0 Å². The van der Waals surface area contributed by atoms with Gasteiger partial charge in [0.25, 0.3) is 5.91 Å². The fraction of sp³-hybridized carbons (Fsp3) is 0.611. The van der Waals surface area contributed by atoms with Crippen molar-refractivity contribution in [1.29, 1.82) is 0 Å². The van der Waals surface area contributed by atoms with Gasteiger partial charge in [-0.05, 0) is 56.4 Å². The quantitative estimate of drug-likeness (QED) is 0.757. The van der Waals surface area contributed by atoms with Crippen LogP contribution in [0.2, 0.25) is 0 Å². The number of carbonyl (C=O) groups excluding carboxylic acids is 1. The summed E-state index contributed by atoms with van der Waals surface area (Å²) in [6.07, 6.45) is 4.82. The Bertz CT molecular complexity index is 629. The van der Waals surface area contributed by atoms with Crippen molar-refractivity contribution in [2.75, 3.05) is 26.2 Å². The molecule has 0 aliphatic carbocycles. The average molecular weight is 353 g/mol. The second kappa shape index (κ2) is 8.62. The first-order chi connectivity index (χ1) is 11.5. The molecule has 0 bridgehead atoms. The molecule has 6 heteroatoms. The Morgan fingerprint density at radius 3 is 2.04 bits per heavy atom. The van der Waals surface area contributed by atoms with Crippen molar-refractivity contribution in [3.63, 3.8) is 0 Å². The van der Waals surface area contributed by atoms with Crippen LogP contribution in [0.3, 0.4) is 0 Å². The summed E-state index contributed by atoms with van der Waals surface area (Å²) >= 11 is 0. The van der Waals surface area contributed by atoms with Crippen molar-refractivity contribution in [3.05, 3.63) is 29.8 Å². The molecule has 0 spiro atoms.